The number of methoxy groups -OCH3 is 1. The molecule has 2 bridgehead atoms. The first-order chi connectivity index (χ1) is 19.2. The lowest BCUT2D eigenvalue weighted by Crippen LogP contribution is -2.79. The number of ketones is 1. The summed E-state index contributed by atoms with van der Waals surface area (Å²) in [6.07, 6.45) is -4.99. The summed E-state index contributed by atoms with van der Waals surface area (Å²) in [5.41, 5.74) is 1.65. The Morgan fingerprint density at radius 1 is 1.17 bits per heavy atom. The van der Waals surface area contributed by atoms with Crippen LogP contribution in [0.3, 0.4) is 0 Å². The molecule has 2 heterocycles. The molecule has 0 aromatic heterocycles. The molecule has 1 amide bonds. The molecule has 224 valence electrons. The molecule has 4 N–H and O–H groups in total. The highest BCUT2D eigenvalue weighted by Gasteiger charge is 2.85. The molecule has 13 nitrogen and oxygen atoms in total. The zero-order valence-corrected chi connectivity index (χ0v) is 23.5. The highest BCUT2D eigenvalue weighted by molar-refractivity contribution is 5.96. The second-order valence-electron chi connectivity index (χ2n) is 12.2. The maximum absolute atomic E-state index is 13.5. The molecule has 4 fully saturated rings. The average Bonchev–Trinajstić information content (AvgIpc) is 3.18. The lowest BCUT2D eigenvalue weighted by molar-refractivity contribution is -0.290. The Hall–Kier alpha value is -3.29. The van der Waals surface area contributed by atoms with E-state index in [4.69, 9.17) is 29.4 Å². The van der Waals surface area contributed by atoms with Crippen LogP contribution in [-0.2, 0) is 47.7 Å². The molecule has 1 spiro atoms. The Kier molecular flexibility index (Phi) is 6.86. The molecule has 0 aromatic carbocycles. The minimum atomic E-state index is -2.25. The number of Topliss-reactive ketones (excluding diaryl/α,β-unsaturated/α-hetero) is 1. The van der Waals surface area contributed by atoms with Crippen molar-refractivity contribution in [3.8, 4) is 0 Å². The average molecular weight is 578 g/mol. The van der Waals surface area contributed by atoms with Gasteiger partial charge in [0.15, 0.2) is 18.1 Å². The number of carbonyl (C=O) groups is 5. The van der Waals surface area contributed by atoms with Crippen LogP contribution in [0.2, 0.25) is 0 Å². The maximum Gasteiger partial charge on any atom is 0.348 e. The summed E-state index contributed by atoms with van der Waals surface area (Å²) in [6.45, 7) is 6.02. The Bertz CT molecular complexity index is 1280. The lowest BCUT2D eigenvalue weighted by Gasteiger charge is -2.67. The number of hydrogen-bond acceptors (Lipinski definition) is 12. The molecule has 3 aliphatic carbocycles. The summed E-state index contributed by atoms with van der Waals surface area (Å²) in [5, 5.41) is 23.4. The fourth-order valence-electron chi connectivity index (χ4n) is 8.58. The van der Waals surface area contributed by atoms with Crippen LogP contribution in [0.5, 0.6) is 0 Å². The van der Waals surface area contributed by atoms with Crippen molar-refractivity contribution >= 4 is 29.6 Å². The minimum Gasteiger partial charge on any atom is -0.480 e. The second-order valence-corrected chi connectivity index (χ2v) is 12.2. The van der Waals surface area contributed by atoms with Gasteiger partial charge in [-0.25, -0.2) is 14.4 Å². The largest absolute Gasteiger partial charge is 0.480 e. The highest BCUT2D eigenvalue weighted by atomic mass is 16.6. The predicted octanol–water partition coefficient (Wildman–Crippen LogP) is -0.539. The SMILES string of the molecule is COC(=O)[C@@]12OC[C@]34[C@H]([C@@H](O)[C@@H]1O)[C@@]1(C)CC(=O)C(OCC(N)=O)=C(C)[C@@H]1C[C@H]3OC(=O)[C@H](OC(=O)C=C(C)C)[C@@H]24. The van der Waals surface area contributed by atoms with Crippen molar-refractivity contribution < 1.29 is 57.9 Å². The molecule has 2 saturated carbocycles. The molecule has 5 rings (SSSR count). The van der Waals surface area contributed by atoms with Gasteiger partial charge < -0.3 is 39.6 Å². The molecule has 0 aromatic rings. The number of allylic oxidation sites excluding steroid dienone is 3. The van der Waals surface area contributed by atoms with Gasteiger partial charge >= 0.3 is 17.9 Å². The topological polar surface area (TPSA) is 198 Å². The first kappa shape index (κ1) is 29.2. The van der Waals surface area contributed by atoms with Crippen LogP contribution in [0.15, 0.2) is 23.0 Å². The zero-order valence-electron chi connectivity index (χ0n) is 23.5. The van der Waals surface area contributed by atoms with Crippen molar-refractivity contribution in [2.24, 2.45) is 34.3 Å². The number of hydrogen-bond donors (Lipinski definition) is 3. The van der Waals surface area contributed by atoms with Gasteiger partial charge in [-0.1, -0.05) is 12.5 Å². The summed E-state index contributed by atoms with van der Waals surface area (Å²) in [5.74, 6) is -6.81. The van der Waals surface area contributed by atoms with E-state index in [-0.39, 0.29) is 25.2 Å². The molecule has 2 saturated heterocycles. The first-order valence-electron chi connectivity index (χ1n) is 13.5. The normalized spacial score (nSPS) is 42.4. The summed E-state index contributed by atoms with van der Waals surface area (Å²) < 4.78 is 28.1. The van der Waals surface area contributed by atoms with Crippen LogP contribution in [0.4, 0.5) is 0 Å². The van der Waals surface area contributed by atoms with E-state index >= 15 is 0 Å². The number of amides is 1. The van der Waals surface area contributed by atoms with Gasteiger partial charge in [-0.15, -0.1) is 0 Å². The number of fused-ring (bicyclic) bond motifs is 2. The Morgan fingerprint density at radius 2 is 1.85 bits per heavy atom. The molecular formula is C28H35NO12. The Balaban J connectivity index is 1.69. The van der Waals surface area contributed by atoms with Crippen LogP contribution in [0.1, 0.15) is 40.5 Å². The number of nitrogens with two attached hydrogens (primary N) is 1. The highest BCUT2D eigenvalue weighted by Crippen LogP contribution is 2.72. The van der Waals surface area contributed by atoms with Crippen LogP contribution in [-0.4, -0.2) is 90.2 Å². The van der Waals surface area contributed by atoms with Crippen molar-refractivity contribution in [1.29, 1.82) is 0 Å². The van der Waals surface area contributed by atoms with Crippen LogP contribution in [0.25, 0.3) is 0 Å². The molecule has 2 aliphatic heterocycles. The van der Waals surface area contributed by atoms with Crippen LogP contribution < -0.4 is 5.73 Å². The molecule has 5 aliphatic rings. The molecule has 41 heavy (non-hydrogen) atoms. The summed E-state index contributed by atoms with van der Waals surface area (Å²) in [7, 11) is 1.08. The van der Waals surface area contributed by atoms with Gasteiger partial charge in [-0.05, 0) is 44.1 Å². The van der Waals surface area contributed by atoms with Gasteiger partial charge in [0.05, 0.1) is 25.7 Å². The molecule has 10 atom stereocenters. The van der Waals surface area contributed by atoms with Crippen molar-refractivity contribution in [3.63, 3.8) is 0 Å². The quantitative estimate of drug-likeness (QED) is 0.207. The van der Waals surface area contributed by atoms with E-state index in [1.165, 1.54) is 6.08 Å². The van der Waals surface area contributed by atoms with E-state index in [0.29, 0.717) is 11.1 Å². The number of primary amides is 1. The molecule has 0 radical (unpaired) electrons. The number of ether oxygens (including phenoxy) is 5. The summed E-state index contributed by atoms with van der Waals surface area (Å²) in [6, 6.07) is 0. The molecule has 13 heteroatoms. The number of rotatable bonds is 6. The van der Waals surface area contributed by atoms with Gasteiger partial charge in [0.1, 0.15) is 12.2 Å². The zero-order chi connectivity index (χ0) is 30.2. The van der Waals surface area contributed by atoms with Gasteiger partial charge in [0.2, 0.25) is 11.7 Å². The van der Waals surface area contributed by atoms with E-state index in [1.54, 1.807) is 27.7 Å². The lowest BCUT2D eigenvalue weighted by atomic mass is 9.38. The van der Waals surface area contributed by atoms with E-state index in [1.807, 2.05) is 0 Å². The minimum absolute atomic E-state index is 0.0214. The Morgan fingerprint density at radius 3 is 2.46 bits per heavy atom. The van der Waals surface area contributed by atoms with E-state index in [0.717, 1.165) is 7.11 Å². The van der Waals surface area contributed by atoms with Crippen LogP contribution in [0, 0.1) is 28.6 Å². The van der Waals surface area contributed by atoms with Gasteiger partial charge in [-0.2, -0.15) is 0 Å². The van der Waals surface area contributed by atoms with E-state index in [2.05, 4.69) is 0 Å². The van der Waals surface area contributed by atoms with Crippen molar-refractivity contribution in [2.75, 3.05) is 20.3 Å². The predicted molar refractivity (Wildman–Crippen MR) is 135 cm³/mol. The second kappa shape index (κ2) is 9.63. The monoisotopic (exact) mass is 577 g/mol. The van der Waals surface area contributed by atoms with Crippen molar-refractivity contribution in [2.45, 2.75) is 70.6 Å². The van der Waals surface area contributed by atoms with Gasteiger partial charge in [0.25, 0.3) is 5.91 Å². The first-order valence-corrected chi connectivity index (χ1v) is 13.5. The fraction of sp³-hybridized carbons (Fsp3) is 0.679. The smallest absolute Gasteiger partial charge is 0.348 e. The number of aliphatic hydroxyl groups excluding tert-OH is 2. The van der Waals surface area contributed by atoms with Crippen molar-refractivity contribution in [1.82, 2.24) is 0 Å². The number of aliphatic hydroxyl groups is 2. The standard InChI is InChI=1S/C28H35NO12/c1-11(2)6-17(32)41-20-22-27-10-39-28(22,25(36)37-5)23(34)18(33)21(27)26(4)8-14(30)19(38-9-16(29)31)12(3)13(26)7-15(27)40-24(20)35/h6,13,15,18,20-23,33-34H,7-10H2,1-5H3,(H2,29,31)/t13-,15+,18+,20+,21+,22+,23-,26-,27+,28-/m0/s1. The maximum atomic E-state index is 13.5. The third-order valence-corrected chi connectivity index (χ3v) is 9.82. The third kappa shape index (κ3) is 3.81. The van der Waals surface area contributed by atoms with Gasteiger partial charge in [0, 0.05) is 23.8 Å². The number of carbonyl (C=O) groups excluding carboxylic acids is 5. The molecular weight excluding hydrogens is 542 g/mol. The third-order valence-electron chi connectivity index (χ3n) is 9.82. The van der Waals surface area contributed by atoms with Gasteiger partial charge in [-0.3, -0.25) is 9.59 Å². The summed E-state index contributed by atoms with van der Waals surface area (Å²) >= 11 is 0. The molecule has 0 unspecified atom stereocenters. The fourth-order valence-corrected chi connectivity index (χ4v) is 8.58. The number of esters is 3. The summed E-state index contributed by atoms with van der Waals surface area (Å²) in [4.78, 5) is 64.5. The van der Waals surface area contributed by atoms with E-state index < -0.39 is 94.8 Å². The van der Waals surface area contributed by atoms with Crippen molar-refractivity contribution in [3.05, 3.63) is 23.0 Å². The van der Waals surface area contributed by atoms with Crippen LogP contribution >= 0.6 is 0 Å². The Labute approximate surface area is 235 Å². The van der Waals surface area contributed by atoms with E-state index in [9.17, 15) is 34.2 Å².